The number of para-hydroxylation sites is 1. The average Bonchev–Trinajstić information content (AvgIpc) is 2.63. The Morgan fingerprint density at radius 3 is 2.63 bits per heavy atom. The summed E-state index contributed by atoms with van der Waals surface area (Å²) in [6.45, 7) is 7.02. The third-order valence-corrected chi connectivity index (χ3v) is 5.40. The molecular weight excluding hydrogens is 345 g/mol. The molecule has 0 bridgehead atoms. The Labute approximate surface area is 160 Å². The lowest BCUT2D eigenvalue weighted by Crippen LogP contribution is -2.49. The van der Waals surface area contributed by atoms with Gasteiger partial charge in [0.1, 0.15) is 11.5 Å². The Morgan fingerprint density at radius 1 is 1.26 bits per heavy atom. The standard InChI is InChI=1S/C19H28BN3O4/c1-14(24)18-4-2-3-15-11-16(20(26)27-19(15)18)12-17(25)13-23-9-7-22(6-5-21)8-10-23/h2-4,16,26H,5-13,21H2,1H3/t16-/m1/s1. The van der Waals surface area contributed by atoms with Gasteiger partial charge in [-0.2, -0.15) is 0 Å². The van der Waals surface area contributed by atoms with E-state index in [2.05, 4.69) is 9.80 Å². The molecule has 3 N–H and O–H groups in total. The number of hydrogen-bond acceptors (Lipinski definition) is 7. The molecule has 1 fully saturated rings. The molecule has 0 aromatic heterocycles. The topological polar surface area (TPSA) is 96.1 Å². The second kappa shape index (κ2) is 8.97. The summed E-state index contributed by atoms with van der Waals surface area (Å²) in [7, 11) is -1.07. The molecule has 2 aliphatic rings. The van der Waals surface area contributed by atoms with E-state index >= 15 is 0 Å². The van der Waals surface area contributed by atoms with Crippen LogP contribution in [0.2, 0.25) is 5.82 Å². The van der Waals surface area contributed by atoms with Crippen molar-refractivity contribution in [3.63, 3.8) is 0 Å². The summed E-state index contributed by atoms with van der Waals surface area (Å²) in [6, 6.07) is 5.40. The smallest absolute Gasteiger partial charge is 0.526 e. The van der Waals surface area contributed by atoms with E-state index in [1.807, 2.05) is 12.1 Å². The first-order chi connectivity index (χ1) is 13.0. The van der Waals surface area contributed by atoms with E-state index < -0.39 is 7.12 Å². The second-order valence-corrected chi connectivity index (χ2v) is 7.47. The fourth-order valence-electron chi connectivity index (χ4n) is 3.90. The Bertz CT molecular complexity index is 692. The van der Waals surface area contributed by atoms with Crippen LogP contribution in [0, 0.1) is 0 Å². The van der Waals surface area contributed by atoms with Crippen molar-refractivity contribution >= 4 is 18.7 Å². The molecule has 27 heavy (non-hydrogen) atoms. The van der Waals surface area contributed by atoms with Crippen LogP contribution in [0.25, 0.3) is 0 Å². The number of nitrogens with two attached hydrogens (primary N) is 1. The fraction of sp³-hybridized carbons (Fsp3) is 0.579. The van der Waals surface area contributed by atoms with E-state index in [9.17, 15) is 14.6 Å². The van der Waals surface area contributed by atoms with E-state index in [0.29, 0.717) is 30.8 Å². The molecule has 1 saturated heterocycles. The monoisotopic (exact) mass is 373 g/mol. The third kappa shape index (κ3) is 4.96. The summed E-state index contributed by atoms with van der Waals surface area (Å²) < 4.78 is 5.62. The molecule has 2 heterocycles. The molecule has 0 aliphatic carbocycles. The van der Waals surface area contributed by atoms with E-state index in [-0.39, 0.29) is 23.8 Å². The maximum atomic E-state index is 12.5. The number of nitrogens with zero attached hydrogens (tertiary/aromatic N) is 2. The molecule has 0 spiro atoms. The number of carbonyl (C=O) groups excluding carboxylic acids is 2. The molecule has 146 valence electrons. The number of ketones is 2. The van der Waals surface area contributed by atoms with Crippen LogP contribution < -0.4 is 10.4 Å². The van der Waals surface area contributed by atoms with Crippen molar-refractivity contribution in [3.05, 3.63) is 29.3 Å². The van der Waals surface area contributed by atoms with Gasteiger partial charge in [-0.25, -0.2) is 0 Å². The quantitative estimate of drug-likeness (QED) is 0.521. The fourth-order valence-corrected chi connectivity index (χ4v) is 3.90. The maximum absolute atomic E-state index is 12.5. The van der Waals surface area contributed by atoms with Gasteiger partial charge in [-0.05, 0) is 25.0 Å². The third-order valence-electron chi connectivity index (χ3n) is 5.40. The second-order valence-electron chi connectivity index (χ2n) is 7.47. The summed E-state index contributed by atoms with van der Waals surface area (Å²) in [4.78, 5) is 28.7. The first kappa shape index (κ1) is 20.0. The Hall–Kier alpha value is -1.74. The number of piperazine rings is 1. The van der Waals surface area contributed by atoms with Gasteiger partial charge in [-0.3, -0.25) is 19.4 Å². The van der Waals surface area contributed by atoms with E-state index in [4.69, 9.17) is 10.4 Å². The molecular formula is C19H28BN3O4. The number of hydrogen-bond donors (Lipinski definition) is 2. The van der Waals surface area contributed by atoms with Gasteiger partial charge >= 0.3 is 7.12 Å². The molecule has 7 nitrogen and oxygen atoms in total. The zero-order valence-corrected chi connectivity index (χ0v) is 15.9. The van der Waals surface area contributed by atoms with Gasteiger partial charge in [0.05, 0.1) is 12.1 Å². The zero-order chi connectivity index (χ0) is 19.4. The minimum absolute atomic E-state index is 0.0950. The van der Waals surface area contributed by atoms with Gasteiger partial charge in [0.25, 0.3) is 0 Å². The van der Waals surface area contributed by atoms with E-state index in [1.165, 1.54) is 6.92 Å². The Kier molecular flexibility index (Phi) is 6.65. The SMILES string of the molecule is CC(=O)c1cccc2c1OB(O)[C@@H](CC(=O)CN1CCN(CCN)CC1)C2. The van der Waals surface area contributed by atoms with Crippen LogP contribution >= 0.6 is 0 Å². The lowest BCUT2D eigenvalue weighted by Gasteiger charge is -2.34. The van der Waals surface area contributed by atoms with Crippen LogP contribution in [0.4, 0.5) is 0 Å². The van der Waals surface area contributed by atoms with E-state index in [0.717, 1.165) is 38.3 Å². The highest BCUT2D eigenvalue weighted by molar-refractivity contribution is 6.47. The van der Waals surface area contributed by atoms with Crippen molar-refractivity contribution < 1.29 is 19.3 Å². The molecule has 3 rings (SSSR count). The minimum atomic E-state index is -1.07. The van der Waals surface area contributed by atoms with Crippen molar-refractivity contribution in [2.75, 3.05) is 45.8 Å². The lowest BCUT2D eigenvalue weighted by atomic mass is 9.64. The van der Waals surface area contributed by atoms with Crippen molar-refractivity contribution in [2.24, 2.45) is 5.73 Å². The van der Waals surface area contributed by atoms with Crippen molar-refractivity contribution in [2.45, 2.75) is 25.6 Å². The first-order valence-corrected chi connectivity index (χ1v) is 9.62. The van der Waals surface area contributed by atoms with Gasteiger partial charge in [0.2, 0.25) is 0 Å². The number of carbonyl (C=O) groups is 2. The van der Waals surface area contributed by atoms with Gasteiger partial charge in [0.15, 0.2) is 5.78 Å². The molecule has 0 amide bonds. The minimum Gasteiger partial charge on any atom is -0.535 e. The molecule has 0 radical (unpaired) electrons. The summed E-state index contributed by atoms with van der Waals surface area (Å²) in [5, 5.41) is 10.4. The van der Waals surface area contributed by atoms with Crippen molar-refractivity contribution in [1.82, 2.24) is 9.80 Å². The van der Waals surface area contributed by atoms with Gasteiger partial charge in [-0.1, -0.05) is 12.1 Å². The van der Waals surface area contributed by atoms with Crippen molar-refractivity contribution in [1.29, 1.82) is 0 Å². The molecule has 8 heteroatoms. The predicted molar refractivity (Wildman–Crippen MR) is 104 cm³/mol. The molecule has 0 unspecified atom stereocenters. The Morgan fingerprint density at radius 2 is 1.96 bits per heavy atom. The normalized spacial score (nSPS) is 20.9. The van der Waals surface area contributed by atoms with Gasteiger partial charge in [0, 0.05) is 51.5 Å². The highest BCUT2D eigenvalue weighted by Crippen LogP contribution is 2.36. The van der Waals surface area contributed by atoms with E-state index in [1.54, 1.807) is 6.07 Å². The highest BCUT2D eigenvalue weighted by Gasteiger charge is 2.37. The maximum Gasteiger partial charge on any atom is 0.526 e. The molecule has 0 saturated carbocycles. The molecule has 1 aromatic rings. The van der Waals surface area contributed by atoms with Crippen LogP contribution in [0.1, 0.15) is 29.3 Å². The summed E-state index contributed by atoms with van der Waals surface area (Å²) in [5.74, 6) is 0.186. The van der Waals surface area contributed by atoms with Crippen LogP contribution in [0.3, 0.4) is 0 Å². The summed E-state index contributed by atoms with van der Waals surface area (Å²) in [6.07, 6.45) is 0.807. The largest absolute Gasteiger partial charge is 0.535 e. The van der Waals surface area contributed by atoms with Gasteiger partial charge in [-0.15, -0.1) is 0 Å². The number of Topliss-reactive ketones (excluding diaryl/α,β-unsaturated/α-hetero) is 2. The lowest BCUT2D eigenvalue weighted by molar-refractivity contribution is -0.120. The summed E-state index contributed by atoms with van der Waals surface area (Å²) in [5.41, 5.74) is 6.94. The van der Waals surface area contributed by atoms with Gasteiger partial charge < -0.3 is 15.4 Å². The summed E-state index contributed by atoms with van der Waals surface area (Å²) >= 11 is 0. The molecule has 2 aliphatic heterocycles. The van der Waals surface area contributed by atoms with Crippen LogP contribution in [-0.2, 0) is 11.2 Å². The van der Waals surface area contributed by atoms with Crippen LogP contribution in [0.5, 0.6) is 5.75 Å². The predicted octanol–water partition coefficient (Wildman–Crippen LogP) is 0.210. The van der Waals surface area contributed by atoms with Crippen LogP contribution in [-0.4, -0.2) is 79.3 Å². The highest BCUT2D eigenvalue weighted by atomic mass is 16.5. The number of rotatable bonds is 7. The molecule has 1 aromatic carbocycles. The first-order valence-electron chi connectivity index (χ1n) is 9.62. The number of fused-ring (bicyclic) bond motifs is 1. The Balaban J connectivity index is 1.55. The zero-order valence-electron chi connectivity index (χ0n) is 15.9. The van der Waals surface area contributed by atoms with Crippen molar-refractivity contribution in [3.8, 4) is 5.75 Å². The average molecular weight is 373 g/mol. The number of benzene rings is 1. The van der Waals surface area contributed by atoms with Crippen LogP contribution in [0.15, 0.2) is 18.2 Å². The molecule has 1 atom stereocenters.